The Morgan fingerprint density at radius 2 is 1.28 bits per heavy atom. The molecular formula is C22H25N7. The molecule has 148 valence electrons. The van der Waals surface area contributed by atoms with E-state index in [0.717, 1.165) is 68.2 Å². The van der Waals surface area contributed by atoms with Crippen LogP contribution in [0.25, 0.3) is 11.3 Å². The lowest BCUT2D eigenvalue weighted by molar-refractivity contribution is 0.628. The maximum atomic E-state index is 4.95. The average Bonchev–Trinajstić information content (AvgIpc) is 3.35. The summed E-state index contributed by atoms with van der Waals surface area (Å²) in [6.45, 7) is 5.59. The summed E-state index contributed by atoms with van der Waals surface area (Å²) < 4.78 is 0. The summed E-state index contributed by atoms with van der Waals surface area (Å²) >= 11 is 0. The molecule has 29 heavy (non-hydrogen) atoms. The number of anilines is 3. The molecule has 0 radical (unpaired) electrons. The Morgan fingerprint density at radius 1 is 0.621 bits per heavy atom. The van der Waals surface area contributed by atoms with Crippen molar-refractivity contribution in [2.24, 2.45) is 0 Å². The van der Waals surface area contributed by atoms with Crippen LogP contribution in [0, 0.1) is 0 Å². The summed E-state index contributed by atoms with van der Waals surface area (Å²) in [6, 6.07) is 14.4. The number of aromatic nitrogens is 4. The van der Waals surface area contributed by atoms with Crippen LogP contribution in [0.3, 0.4) is 0 Å². The van der Waals surface area contributed by atoms with Crippen LogP contribution >= 0.6 is 0 Å². The van der Waals surface area contributed by atoms with E-state index in [1.54, 1.807) is 12.4 Å². The van der Waals surface area contributed by atoms with E-state index in [0.29, 0.717) is 0 Å². The summed E-state index contributed by atoms with van der Waals surface area (Å²) in [7, 11) is 0. The van der Waals surface area contributed by atoms with Crippen molar-refractivity contribution in [3.8, 4) is 11.3 Å². The molecule has 2 aromatic heterocycles. The molecule has 1 aromatic carbocycles. The van der Waals surface area contributed by atoms with Gasteiger partial charge in [-0.2, -0.15) is 4.98 Å². The molecule has 0 spiro atoms. The predicted molar refractivity (Wildman–Crippen MR) is 115 cm³/mol. The van der Waals surface area contributed by atoms with E-state index in [-0.39, 0.29) is 0 Å². The van der Waals surface area contributed by atoms with E-state index >= 15 is 0 Å². The van der Waals surface area contributed by atoms with Crippen molar-refractivity contribution in [2.45, 2.75) is 12.8 Å². The Kier molecular flexibility index (Phi) is 4.94. The van der Waals surface area contributed by atoms with Crippen molar-refractivity contribution >= 4 is 17.7 Å². The molecule has 0 atom stereocenters. The number of hydrogen-bond acceptors (Lipinski definition) is 7. The van der Waals surface area contributed by atoms with E-state index in [9.17, 15) is 0 Å². The zero-order valence-electron chi connectivity index (χ0n) is 16.5. The second kappa shape index (κ2) is 8.03. The fourth-order valence-corrected chi connectivity index (χ4v) is 3.99. The molecule has 0 bridgehead atoms. The molecule has 0 aliphatic carbocycles. The van der Waals surface area contributed by atoms with Gasteiger partial charge in [0.05, 0.1) is 5.69 Å². The SMILES string of the molecule is c1ccc(-c2cc(N3CCCC3)nc(N3CCN(c4ncccn4)CC3)n2)cc1. The van der Waals surface area contributed by atoms with Gasteiger partial charge in [-0.1, -0.05) is 30.3 Å². The first-order valence-electron chi connectivity index (χ1n) is 10.3. The quantitative estimate of drug-likeness (QED) is 0.682. The molecule has 0 N–H and O–H groups in total. The zero-order valence-corrected chi connectivity index (χ0v) is 16.5. The van der Waals surface area contributed by atoms with Crippen molar-refractivity contribution in [1.29, 1.82) is 0 Å². The minimum atomic E-state index is 0.795. The van der Waals surface area contributed by atoms with Gasteiger partial charge in [0.1, 0.15) is 5.82 Å². The molecule has 2 saturated heterocycles. The van der Waals surface area contributed by atoms with Gasteiger partial charge >= 0.3 is 0 Å². The highest BCUT2D eigenvalue weighted by Crippen LogP contribution is 2.27. The highest BCUT2D eigenvalue weighted by molar-refractivity contribution is 5.65. The van der Waals surface area contributed by atoms with Crippen LogP contribution in [0.4, 0.5) is 17.7 Å². The van der Waals surface area contributed by atoms with E-state index < -0.39 is 0 Å². The lowest BCUT2D eigenvalue weighted by Crippen LogP contribution is -2.47. The van der Waals surface area contributed by atoms with Crippen molar-refractivity contribution in [3.63, 3.8) is 0 Å². The molecule has 3 aromatic rings. The lowest BCUT2D eigenvalue weighted by Gasteiger charge is -2.35. The van der Waals surface area contributed by atoms with Crippen LogP contribution in [0.5, 0.6) is 0 Å². The van der Waals surface area contributed by atoms with Gasteiger partial charge in [0.25, 0.3) is 0 Å². The molecule has 5 rings (SSSR count). The fraction of sp³-hybridized carbons (Fsp3) is 0.364. The molecule has 0 amide bonds. The largest absolute Gasteiger partial charge is 0.356 e. The van der Waals surface area contributed by atoms with Gasteiger partial charge in [-0.15, -0.1) is 0 Å². The summed E-state index contributed by atoms with van der Waals surface area (Å²) in [4.78, 5) is 25.5. The summed E-state index contributed by atoms with van der Waals surface area (Å²) in [5.41, 5.74) is 2.12. The minimum absolute atomic E-state index is 0.795. The number of benzene rings is 1. The van der Waals surface area contributed by atoms with E-state index in [1.165, 1.54) is 12.8 Å². The Balaban J connectivity index is 1.41. The number of nitrogens with zero attached hydrogens (tertiary/aromatic N) is 7. The van der Waals surface area contributed by atoms with Crippen LogP contribution in [-0.2, 0) is 0 Å². The van der Waals surface area contributed by atoms with Gasteiger partial charge < -0.3 is 14.7 Å². The van der Waals surface area contributed by atoms with Gasteiger partial charge in [0.2, 0.25) is 11.9 Å². The molecule has 4 heterocycles. The standard InChI is InChI=1S/C22H25N7/c1-2-7-18(8-3-1)19-17-20(27-11-4-5-12-27)26-22(25-19)29-15-13-28(14-16-29)21-23-9-6-10-24-21/h1-3,6-10,17H,4-5,11-16H2. The van der Waals surface area contributed by atoms with E-state index in [1.807, 2.05) is 12.1 Å². The maximum Gasteiger partial charge on any atom is 0.228 e. The average molecular weight is 387 g/mol. The first kappa shape index (κ1) is 17.8. The molecule has 0 saturated carbocycles. The Hall–Kier alpha value is -3.22. The lowest BCUT2D eigenvalue weighted by atomic mass is 10.1. The van der Waals surface area contributed by atoms with E-state index in [2.05, 4.69) is 55.0 Å². The van der Waals surface area contributed by atoms with Gasteiger partial charge in [0.15, 0.2) is 0 Å². The van der Waals surface area contributed by atoms with E-state index in [4.69, 9.17) is 9.97 Å². The monoisotopic (exact) mass is 387 g/mol. The van der Waals surface area contributed by atoms with Crippen molar-refractivity contribution in [3.05, 3.63) is 54.9 Å². The van der Waals surface area contributed by atoms with Gasteiger partial charge in [-0.05, 0) is 18.9 Å². The van der Waals surface area contributed by atoms with Crippen LogP contribution in [0.2, 0.25) is 0 Å². The van der Waals surface area contributed by atoms with Gasteiger partial charge in [0, 0.05) is 63.3 Å². The third-order valence-corrected chi connectivity index (χ3v) is 5.60. The predicted octanol–water partition coefficient (Wildman–Crippen LogP) is 2.86. The van der Waals surface area contributed by atoms with Crippen LogP contribution < -0.4 is 14.7 Å². The highest BCUT2D eigenvalue weighted by atomic mass is 15.4. The second-order valence-corrected chi connectivity index (χ2v) is 7.49. The summed E-state index contributed by atoms with van der Waals surface area (Å²) in [5, 5.41) is 0. The number of hydrogen-bond donors (Lipinski definition) is 0. The number of rotatable bonds is 4. The molecule has 2 fully saturated rings. The third kappa shape index (κ3) is 3.85. The summed E-state index contributed by atoms with van der Waals surface area (Å²) in [6.07, 6.45) is 6.05. The molecule has 2 aliphatic rings. The Labute approximate surface area is 171 Å². The molecule has 0 unspecified atom stereocenters. The highest BCUT2D eigenvalue weighted by Gasteiger charge is 2.23. The van der Waals surface area contributed by atoms with Crippen molar-refractivity contribution in [2.75, 3.05) is 54.0 Å². The zero-order chi connectivity index (χ0) is 19.5. The topological polar surface area (TPSA) is 61.3 Å². The van der Waals surface area contributed by atoms with Crippen molar-refractivity contribution in [1.82, 2.24) is 19.9 Å². The van der Waals surface area contributed by atoms with Crippen LogP contribution in [0.15, 0.2) is 54.9 Å². The minimum Gasteiger partial charge on any atom is -0.356 e. The molecule has 2 aliphatic heterocycles. The van der Waals surface area contributed by atoms with Crippen LogP contribution in [-0.4, -0.2) is 59.2 Å². The normalized spacial score (nSPS) is 17.0. The molecule has 7 heteroatoms. The Bertz CT molecular complexity index is 934. The van der Waals surface area contributed by atoms with Crippen molar-refractivity contribution < 1.29 is 0 Å². The number of piperazine rings is 1. The summed E-state index contributed by atoms with van der Waals surface area (Å²) in [5.74, 6) is 2.66. The fourth-order valence-electron chi connectivity index (χ4n) is 3.99. The third-order valence-electron chi connectivity index (χ3n) is 5.60. The van der Waals surface area contributed by atoms with Gasteiger partial charge in [-0.3, -0.25) is 0 Å². The van der Waals surface area contributed by atoms with Gasteiger partial charge in [-0.25, -0.2) is 15.0 Å². The molecular weight excluding hydrogens is 362 g/mol. The van der Waals surface area contributed by atoms with Crippen LogP contribution in [0.1, 0.15) is 12.8 Å². The smallest absolute Gasteiger partial charge is 0.228 e. The first-order chi connectivity index (χ1) is 14.4. The second-order valence-electron chi connectivity index (χ2n) is 7.49. The Morgan fingerprint density at radius 3 is 1.97 bits per heavy atom. The first-order valence-corrected chi connectivity index (χ1v) is 10.3. The molecule has 7 nitrogen and oxygen atoms in total. The maximum absolute atomic E-state index is 4.95.